The number of rotatable bonds is 2. The molecule has 2 aromatic rings. The van der Waals surface area contributed by atoms with Gasteiger partial charge in [0.25, 0.3) is 0 Å². The second kappa shape index (κ2) is 7.03. The van der Waals surface area contributed by atoms with Gasteiger partial charge in [-0.1, -0.05) is 31.2 Å². The first-order valence-corrected chi connectivity index (χ1v) is 12.5. The zero-order valence-electron chi connectivity index (χ0n) is 19.8. The molecule has 1 N–H and O–H groups in total. The highest BCUT2D eigenvalue weighted by Crippen LogP contribution is 2.67. The number of aliphatic carboxylic acids is 1. The molecule has 1 aliphatic heterocycles. The lowest BCUT2D eigenvalue weighted by Gasteiger charge is -2.62. The highest BCUT2D eigenvalue weighted by Gasteiger charge is 2.63. The van der Waals surface area contributed by atoms with Gasteiger partial charge < -0.3 is 10.0 Å². The van der Waals surface area contributed by atoms with E-state index in [0.717, 1.165) is 43.1 Å². The molecule has 3 saturated carbocycles. The molecule has 33 heavy (non-hydrogen) atoms. The minimum absolute atomic E-state index is 0.131. The van der Waals surface area contributed by atoms with Crippen LogP contribution in [0.4, 0.5) is 0 Å². The van der Waals surface area contributed by atoms with Crippen LogP contribution in [0.25, 0.3) is 11.0 Å². The molecule has 6 rings (SSSR count). The molecule has 4 aliphatic rings. The molecule has 0 radical (unpaired) electrons. The van der Waals surface area contributed by atoms with E-state index < -0.39 is 11.9 Å². The van der Waals surface area contributed by atoms with Crippen molar-refractivity contribution in [3.8, 4) is 0 Å². The monoisotopic (exact) mass is 450 g/mol. The van der Waals surface area contributed by atoms with E-state index in [2.05, 4.69) is 41.0 Å². The first-order valence-electron chi connectivity index (χ1n) is 12.5. The molecule has 1 saturated heterocycles. The Morgan fingerprint density at radius 2 is 1.76 bits per heavy atom. The van der Waals surface area contributed by atoms with E-state index in [9.17, 15) is 14.7 Å². The zero-order valence-corrected chi connectivity index (χ0v) is 19.8. The average Bonchev–Trinajstić information content (AvgIpc) is 3.36. The fourth-order valence-corrected chi connectivity index (χ4v) is 8.97. The van der Waals surface area contributed by atoms with E-state index in [0.29, 0.717) is 30.2 Å². The second-order valence-electron chi connectivity index (χ2n) is 11.7. The highest BCUT2D eigenvalue weighted by molar-refractivity contribution is 5.97. The molecule has 0 spiro atoms. The van der Waals surface area contributed by atoms with Crippen LogP contribution in [0, 0.1) is 34.5 Å². The van der Waals surface area contributed by atoms with Crippen LogP contribution in [0.15, 0.2) is 24.3 Å². The Morgan fingerprint density at radius 1 is 1.03 bits per heavy atom. The third-order valence-electron chi connectivity index (χ3n) is 10.5. The summed E-state index contributed by atoms with van der Waals surface area (Å²) in [5.74, 6) is -0.413. The van der Waals surface area contributed by atoms with Crippen molar-refractivity contribution in [1.82, 2.24) is 19.9 Å². The number of carboxylic acids is 1. The van der Waals surface area contributed by atoms with Crippen LogP contribution in [-0.2, 0) is 9.59 Å². The Kier molecular flexibility index (Phi) is 4.50. The van der Waals surface area contributed by atoms with E-state index in [-0.39, 0.29) is 22.8 Å². The molecule has 1 aromatic heterocycles. The maximum absolute atomic E-state index is 12.8. The number of nitrogens with zero attached hydrogens (tertiary/aromatic N) is 4. The molecule has 0 bridgehead atoms. The number of hydrogen-bond donors (Lipinski definition) is 1. The van der Waals surface area contributed by atoms with Gasteiger partial charge >= 0.3 is 5.97 Å². The number of carboxylic acid groups (broad SMARTS) is 1. The quantitative estimate of drug-likeness (QED) is 0.695. The predicted molar refractivity (Wildman–Crippen MR) is 123 cm³/mol. The lowest BCUT2D eigenvalue weighted by Crippen LogP contribution is -2.64. The number of piperidine rings is 1. The van der Waals surface area contributed by atoms with Crippen LogP contribution >= 0.6 is 0 Å². The SMILES string of the molecule is CN1C(=O)C(C(=O)O)C[C@@]2(C)C1CC[C@@H]1[C@H]2CC[C@]2(C)C(n3nnc4ccccc43)CC[C@@H]12. The summed E-state index contributed by atoms with van der Waals surface area (Å²) < 4.78 is 2.19. The average molecular weight is 451 g/mol. The van der Waals surface area contributed by atoms with Gasteiger partial charge in [-0.3, -0.25) is 9.59 Å². The zero-order chi connectivity index (χ0) is 23.1. The van der Waals surface area contributed by atoms with E-state index in [1.165, 1.54) is 6.42 Å². The maximum Gasteiger partial charge on any atom is 0.316 e. The molecule has 8 atom stereocenters. The highest BCUT2D eigenvalue weighted by atomic mass is 16.4. The van der Waals surface area contributed by atoms with Crippen molar-refractivity contribution in [2.24, 2.45) is 34.5 Å². The van der Waals surface area contributed by atoms with Gasteiger partial charge in [-0.2, -0.15) is 0 Å². The summed E-state index contributed by atoms with van der Waals surface area (Å²) in [6.07, 6.45) is 7.12. The van der Waals surface area contributed by atoms with E-state index >= 15 is 0 Å². The van der Waals surface area contributed by atoms with Crippen molar-refractivity contribution in [2.75, 3.05) is 7.05 Å². The maximum atomic E-state index is 12.8. The number of fused-ring (bicyclic) bond motifs is 6. The molecule has 3 unspecified atom stereocenters. The fourth-order valence-electron chi connectivity index (χ4n) is 8.97. The summed E-state index contributed by atoms with van der Waals surface area (Å²) in [6.45, 7) is 4.75. The summed E-state index contributed by atoms with van der Waals surface area (Å²) in [4.78, 5) is 26.5. The number of carbonyl (C=O) groups is 2. The van der Waals surface area contributed by atoms with Gasteiger partial charge in [0.15, 0.2) is 0 Å². The molecule has 176 valence electrons. The summed E-state index contributed by atoms with van der Waals surface area (Å²) in [7, 11) is 1.83. The van der Waals surface area contributed by atoms with Crippen LogP contribution in [-0.4, -0.2) is 50.0 Å². The van der Waals surface area contributed by atoms with Gasteiger partial charge in [-0.25, -0.2) is 4.68 Å². The van der Waals surface area contributed by atoms with Crippen molar-refractivity contribution in [2.45, 2.75) is 70.9 Å². The third-order valence-corrected chi connectivity index (χ3v) is 10.5. The molecule has 3 aliphatic carbocycles. The summed E-state index contributed by atoms with van der Waals surface area (Å²) >= 11 is 0. The molecule has 7 heteroatoms. The lowest BCUT2D eigenvalue weighted by molar-refractivity contribution is -0.175. The second-order valence-corrected chi connectivity index (χ2v) is 11.7. The van der Waals surface area contributed by atoms with Crippen molar-refractivity contribution >= 4 is 22.9 Å². The largest absolute Gasteiger partial charge is 0.481 e. The third kappa shape index (κ3) is 2.74. The number of benzene rings is 1. The van der Waals surface area contributed by atoms with Gasteiger partial charge in [0.1, 0.15) is 11.4 Å². The molecule has 7 nitrogen and oxygen atoms in total. The van der Waals surface area contributed by atoms with E-state index in [1.54, 1.807) is 4.90 Å². The number of carbonyl (C=O) groups excluding carboxylic acids is 1. The topological polar surface area (TPSA) is 88.3 Å². The summed E-state index contributed by atoms with van der Waals surface area (Å²) in [5, 5.41) is 18.8. The van der Waals surface area contributed by atoms with Crippen LogP contribution < -0.4 is 0 Å². The van der Waals surface area contributed by atoms with Gasteiger partial charge in [0, 0.05) is 13.1 Å². The summed E-state index contributed by atoms with van der Waals surface area (Å²) in [5.41, 5.74) is 2.12. The van der Waals surface area contributed by atoms with Crippen molar-refractivity contribution < 1.29 is 14.7 Å². The van der Waals surface area contributed by atoms with Crippen molar-refractivity contribution in [3.05, 3.63) is 24.3 Å². The Bertz CT molecular complexity index is 1130. The molecule has 1 aromatic carbocycles. The van der Waals surface area contributed by atoms with Crippen molar-refractivity contribution in [1.29, 1.82) is 0 Å². The van der Waals surface area contributed by atoms with Crippen LogP contribution in [0.1, 0.15) is 64.8 Å². The van der Waals surface area contributed by atoms with Crippen LogP contribution in [0.3, 0.4) is 0 Å². The number of hydrogen-bond acceptors (Lipinski definition) is 4. The first-order chi connectivity index (χ1) is 15.8. The molecular weight excluding hydrogens is 416 g/mol. The van der Waals surface area contributed by atoms with E-state index in [1.807, 2.05) is 19.2 Å². The lowest BCUT2D eigenvalue weighted by atomic mass is 9.46. The minimum Gasteiger partial charge on any atom is -0.481 e. The van der Waals surface area contributed by atoms with Gasteiger partial charge in [-0.05, 0) is 85.7 Å². The predicted octanol–water partition coefficient (Wildman–Crippen LogP) is 4.15. The molecule has 4 fully saturated rings. The van der Waals surface area contributed by atoms with Crippen LogP contribution in [0.5, 0.6) is 0 Å². The van der Waals surface area contributed by atoms with Gasteiger partial charge in [0.05, 0.1) is 11.6 Å². The van der Waals surface area contributed by atoms with E-state index in [4.69, 9.17) is 0 Å². The molecule has 1 amide bonds. The van der Waals surface area contributed by atoms with Crippen LogP contribution in [0.2, 0.25) is 0 Å². The molecule has 2 heterocycles. The smallest absolute Gasteiger partial charge is 0.316 e. The Hall–Kier alpha value is -2.44. The van der Waals surface area contributed by atoms with Gasteiger partial charge in [-0.15, -0.1) is 5.10 Å². The minimum atomic E-state index is -0.965. The summed E-state index contributed by atoms with van der Waals surface area (Å²) in [6, 6.07) is 8.75. The van der Waals surface area contributed by atoms with Gasteiger partial charge in [0.2, 0.25) is 5.91 Å². The Balaban J connectivity index is 1.33. The number of para-hydroxylation sites is 1. The number of aromatic nitrogens is 3. The van der Waals surface area contributed by atoms with Crippen molar-refractivity contribution in [3.63, 3.8) is 0 Å². The first kappa shape index (κ1) is 21.1. The molecular formula is C26H34N4O3. The normalized spacial score (nSPS) is 42.6. The Labute approximate surface area is 194 Å². The number of likely N-dealkylation sites (tertiary alicyclic amines) is 1. The number of amides is 1. The Morgan fingerprint density at radius 3 is 2.55 bits per heavy atom. The fraction of sp³-hybridized carbons (Fsp3) is 0.692. The standard InChI is InChI=1S/C26H34N4O3/c1-25-13-12-18-15(8-10-21-26(18,2)14-16(24(32)33)23(31)29(21)3)17(25)9-11-22(25)30-20-7-5-4-6-19(20)27-28-30/h4-7,15-18,21-22H,8-14H2,1-3H3,(H,32,33)/t15-,16?,17-,18+,21?,22?,25-,26+/m0/s1.